The maximum Gasteiger partial charge on any atom is 0.222 e. The predicted molar refractivity (Wildman–Crippen MR) is 115 cm³/mol. The van der Waals surface area contributed by atoms with Crippen LogP contribution < -0.4 is 19.5 Å². The molecular weight excluding hydrogens is 384 g/mol. The normalized spacial score (nSPS) is 21.1. The Morgan fingerprint density at radius 2 is 1.77 bits per heavy atom. The number of hydrogen-bond acceptors (Lipinski definition) is 6. The van der Waals surface area contributed by atoms with Crippen LogP contribution in [0.3, 0.4) is 0 Å². The van der Waals surface area contributed by atoms with Gasteiger partial charge in [-0.15, -0.1) is 0 Å². The molecule has 30 heavy (non-hydrogen) atoms. The molecule has 0 radical (unpaired) electrons. The van der Waals surface area contributed by atoms with Gasteiger partial charge in [-0.1, -0.05) is 13.8 Å². The van der Waals surface area contributed by atoms with Gasteiger partial charge in [0.1, 0.15) is 0 Å². The fourth-order valence-electron chi connectivity index (χ4n) is 4.43. The second-order valence-electron chi connectivity index (χ2n) is 8.67. The van der Waals surface area contributed by atoms with Crippen molar-refractivity contribution in [2.45, 2.75) is 57.8 Å². The predicted octanol–water partition coefficient (Wildman–Crippen LogP) is 3.00. The molecule has 2 heterocycles. The minimum absolute atomic E-state index is 0.0128. The number of carbonyl (C=O) groups excluding carboxylic acids is 1. The summed E-state index contributed by atoms with van der Waals surface area (Å²) in [6, 6.07) is 4.04. The topological polar surface area (TPSA) is 69.3 Å². The molecule has 0 unspecified atom stereocenters. The van der Waals surface area contributed by atoms with E-state index in [2.05, 4.69) is 10.2 Å². The highest BCUT2D eigenvalue weighted by Crippen LogP contribution is 2.41. The summed E-state index contributed by atoms with van der Waals surface area (Å²) < 4.78 is 22.8. The number of nitrogens with one attached hydrogen (secondary N) is 1. The molecule has 2 aliphatic heterocycles. The highest BCUT2D eigenvalue weighted by Gasteiger charge is 2.42. The van der Waals surface area contributed by atoms with Crippen molar-refractivity contribution in [3.05, 3.63) is 17.7 Å². The molecule has 3 rings (SSSR count). The number of benzene rings is 1. The van der Waals surface area contributed by atoms with Crippen molar-refractivity contribution in [1.29, 1.82) is 0 Å². The van der Waals surface area contributed by atoms with E-state index in [1.807, 2.05) is 26.0 Å². The largest absolute Gasteiger partial charge is 0.493 e. The molecule has 7 nitrogen and oxygen atoms in total. The zero-order valence-electron chi connectivity index (χ0n) is 19.0. The summed E-state index contributed by atoms with van der Waals surface area (Å²) >= 11 is 0. The van der Waals surface area contributed by atoms with E-state index in [0.29, 0.717) is 23.8 Å². The van der Waals surface area contributed by atoms with E-state index in [-0.39, 0.29) is 23.5 Å². The molecule has 0 aromatic heterocycles. The van der Waals surface area contributed by atoms with Gasteiger partial charge < -0.3 is 24.3 Å². The van der Waals surface area contributed by atoms with Crippen molar-refractivity contribution in [3.63, 3.8) is 0 Å². The summed E-state index contributed by atoms with van der Waals surface area (Å²) in [5.41, 5.74) is 1.11. The number of methoxy groups -OCH3 is 3. The molecule has 0 saturated carbocycles. The van der Waals surface area contributed by atoms with Crippen molar-refractivity contribution < 1.29 is 23.7 Å². The van der Waals surface area contributed by atoms with Crippen LogP contribution >= 0.6 is 0 Å². The monoisotopic (exact) mass is 420 g/mol. The molecule has 2 fully saturated rings. The lowest BCUT2D eigenvalue weighted by atomic mass is 9.88. The number of amides is 1. The Labute approximate surface area is 180 Å². The minimum atomic E-state index is -0.0288. The van der Waals surface area contributed by atoms with Crippen LogP contribution in [-0.4, -0.2) is 63.5 Å². The first-order chi connectivity index (χ1) is 14.4. The molecule has 0 aliphatic carbocycles. The second-order valence-corrected chi connectivity index (χ2v) is 8.67. The van der Waals surface area contributed by atoms with Crippen LogP contribution in [0.15, 0.2) is 12.1 Å². The molecule has 7 heteroatoms. The van der Waals surface area contributed by atoms with Crippen LogP contribution in [0.4, 0.5) is 0 Å². The Morgan fingerprint density at radius 3 is 2.30 bits per heavy atom. The Morgan fingerprint density at radius 1 is 1.13 bits per heavy atom. The third-order valence-electron chi connectivity index (χ3n) is 6.26. The van der Waals surface area contributed by atoms with Crippen LogP contribution in [0.2, 0.25) is 0 Å². The number of ether oxygens (including phenoxy) is 4. The number of carbonyl (C=O) groups is 1. The first kappa shape index (κ1) is 22.7. The zero-order chi connectivity index (χ0) is 21.7. The van der Waals surface area contributed by atoms with Crippen LogP contribution in [0.1, 0.15) is 45.1 Å². The van der Waals surface area contributed by atoms with Crippen LogP contribution in [0, 0.1) is 5.92 Å². The van der Waals surface area contributed by atoms with Gasteiger partial charge in [-0.3, -0.25) is 9.69 Å². The lowest BCUT2D eigenvalue weighted by molar-refractivity contribution is -0.125. The SMILES string of the molecule is COc1cc(CN2CCC3(CC[C@H](CNC(=O)C(C)C)O3)CC2)cc(OC)c1OC. The Balaban J connectivity index is 1.53. The molecule has 2 saturated heterocycles. The third kappa shape index (κ3) is 5.19. The lowest BCUT2D eigenvalue weighted by Gasteiger charge is -2.39. The number of nitrogens with zero attached hydrogens (tertiary/aromatic N) is 1. The van der Waals surface area contributed by atoms with Crippen molar-refractivity contribution in [2.24, 2.45) is 5.92 Å². The molecule has 2 aliphatic rings. The molecule has 1 amide bonds. The van der Waals surface area contributed by atoms with E-state index in [0.717, 1.165) is 50.9 Å². The maximum absolute atomic E-state index is 11.8. The number of rotatable bonds is 8. The lowest BCUT2D eigenvalue weighted by Crippen LogP contribution is -2.45. The molecule has 1 aromatic carbocycles. The minimum Gasteiger partial charge on any atom is -0.493 e. The van der Waals surface area contributed by atoms with E-state index in [1.54, 1.807) is 21.3 Å². The average molecular weight is 421 g/mol. The zero-order valence-corrected chi connectivity index (χ0v) is 19.0. The second kappa shape index (κ2) is 9.88. The van der Waals surface area contributed by atoms with Gasteiger partial charge in [0.25, 0.3) is 0 Å². The molecule has 0 bridgehead atoms. The van der Waals surface area contributed by atoms with Gasteiger partial charge in [-0.2, -0.15) is 0 Å². The summed E-state index contributed by atoms with van der Waals surface area (Å²) in [7, 11) is 4.90. The Bertz CT molecular complexity index is 703. The van der Waals surface area contributed by atoms with Crippen molar-refractivity contribution >= 4 is 5.91 Å². The standard InChI is InChI=1S/C23H36N2O5/c1-16(2)22(26)24-14-18-6-7-23(30-18)8-10-25(11-9-23)15-17-12-19(27-3)21(29-5)20(13-17)28-4/h12-13,16,18H,6-11,14-15H2,1-5H3,(H,24,26)/t18-/m1/s1. The van der Waals surface area contributed by atoms with Gasteiger partial charge in [-0.05, 0) is 43.4 Å². The van der Waals surface area contributed by atoms with Gasteiger partial charge in [0.2, 0.25) is 11.7 Å². The van der Waals surface area contributed by atoms with Gasteiger partial charge >= 0.3 is 0 Å². The van der Waals surface area contributed by atoms with E-state index in [1.165, 1.54) is 0 Å². The van der Waals surface area contributed by atoms with Gasteiger partial charge in [0.15, 0.2) is 11.5 Å². The molecule has 1 aromatic rings. The van der Waals surface area contributed by atoms with E-state index >= 15 is 0 Å². The Hall–Kier alpha value is -1.99. The maximum atomic E-state index is 11.8. The van der Waals surface area contributed by atoms with Crippen molar-refractivity contribution in [3.8, 4) is 17.2 Å². The molecule has 1 N–H and O–H groups in total. The van der Waals surface area contributed by atoms with Crippen LogP contribution in [0.25, 0.3) is 0 Å². The molecular formula is C23H36N2O5. The smallest absolute Gasteiger partial charge is 0.222 e. The summed E-state index contributed by atoms with van der Waals surface area (Å²) in [4.78, 5) is 14.3. The Kier molecular flexibility index (Phi) is 7.47. The number of likely N-dealkylation sites (tertiary alicyclic amines) is 1. The van der Waals surface area contributed by atoms with E-state index < -0.39 is 0 Å². The first-order valence-electron chi connectivity index (χ1n) is 10.9. The molecule has 168 valence electrons. The van der Waals surface area contributed by atoms with Crippen LogP contribution in [0.5, 0.6) is 17.2 Å². The highest BCUT2D eigenvalue weighted by molar-refractivity contribution is 5.77. The first-order valence-corrected chi connectivity index (χ1v) is 10.9. The van der Waals surface area contributed by atoms with Gasteiger partial charge in [0, 0.05) is 32.1 Å². The van der Waals surface area contributed by atoms with Crippen molar-refractivity contribution in [1.82, 2.24) is 10.2 Å². The highest BCUT2D eigenvalue weighted by atomic mass is 16.5. The molecule has 1 atom stereocenters. The summed E-state index contributed by atoms with van der Waals surface area (Å²) in [6.45, 7) is 7.25. The fourth-order valence-corrected chi connectivity index (χ4v) is 4.43. The summed E-state index contributed by atoms with van der Waals surface area (Å²) in [5.74, 6) is 2.10. The van der Waals surface area contributed by atoms with Gasteiger partial charge in [0.05, 0.1) is 33.0 Å². The summed E-state index contributed by atoms with van der Waals surface area (Å²) in [5, 5.41) is 3.01. The average Bonchev–Trinajstić information content (AvgIpc) is 3.15. The number of hydrogen-bond donors (Lipinski definition) is 1. The van der Waals surface area contributed by atoms with Crippen LogP contribution in [-0.2, 0) is 16.1 Å². The quantitative estimate of drug-likeness (QED) is 0.697. The number of piperidine rings is 1. The van der Waals surface area contributed by atoms with E-state index in [4.69, 9.17) is 18.9 Å². The third-order valence-corrected chi connectivity index (χ3v) is 6.26. The van der Waals surface area contributed by atoms with E-state index in [9.17, 15) is 4.79 Å². The van der Waals surface area contributed by atoms with Gasteiger partial charge in [-0.25, -0.2) is 0 Å². The molecule has 1 spiro atoms. The summed E-state index contributed by atoms with van der Waals surface area (Å²) in [6.07, 6.45) is 4.27. The fraction of sp³-hybridized carbons (Fsp3) is 0.696. The van der Waals surface area contributed by atoms with Crippen molar-refractivity contribution in [2.75, 3.05) is 41.0 Å².